The van der Waals surface area contributed by atoms with Crippen molar-refractivity contribution in [3.05, 3.63) is 65.0 Å². The quantitative estimate of drug-likeness (QED) is 0.625. The standard InChI is InChI=1S/C15H10F4O2/c1-9-4-2-7-12(13(9)16)14(20)10-5-3-6-11(8-10)21-15(17,18)19/h2-8H,1H3. The number of rotatable bonds is 3. The third-order valence-electron chi connectivity index (χ3n) is 2.77. The van der Waals surface area contributed by atoms with Gasteiger partial charge in [0.25, 0.3) is 0 Å². The second kappa shape index (κ2) is 5.55. The minimum Gasteiger partial charge on any atom is -0.406 e. The highest BCUT2D eigenvalue weighted by Gasteiger charge is 2.31. The van der Waals surface area contributed by atoms with Crippen molar-refractivity contribution in [2.45, 2.75) is 13.3 Å². The molecule has 2 rings (SSSR count). The third kappa shape index (κ3) is 3.59. The van der Waals surface area contributed by atoms with E-state index in [4.69, 9.17) is 0 Å². The Balaban J connectivity index is 2.36. The van der Waals surface area contributed by atoms with Gasteiger partial charge in [0.15, 0.2) is 5.78 Å². The molecule has 0 amide bonds. The van der Waals surface area contributed by atoms with Crippen molar-refractivity contribution in [1.29, 1.82) is 0 Å². The number of halogens is 4. The Kier molecular flexibility index (Phi) is 3.97. The summed E-state index contributed by atoms with van der Waals surface area (Å²) >= 11 is 0. The van der Waals surface area contributed by atoms with Crippen molar-refractivity contribution in [3.8, 4) is 5.75 Å². The summed E-state index contributed by atoms with van der Waals surface area (Å²) < 4.78 is 54.1. The summed E-state index contributed by atoms with van der Waals surface area (Å²) in [5.74, 6) is -1.92. The Bertz CT molecular complexity index is 678. The summed E-state index contributed by atoms with van der Waals surface area (Å²) in [5.41, 5.74) is 0.00366. The zero-order valence-corrected chi connectivity index (χ0v) is 10.9. The molecule has 110 valence electrons. The molecular formula is C15H10F4O2. The fourth-order valence-electron chi connectivity index (χ4n) is 1.81. The van der Waals surface area contributed by atoms with Crippen LogP contribution in [0.2, 0.25) is 0 Å². The van der Waals surface area contributed by atoms with E-state index in [0.29, 0.717) is 0 Å². The second-order valence-electron chi connectivity index (χ2n) is 4.34. The summed E-state index contributed by atoms with van der Waals surface area (Å²) in [6.45, 7) is 1.50. The van der Waals surface area contributed by atoms with Crippen molar-refractivity contribution in [2.24, 2.45) is 0 Å². The second-order valence-corrected chi connectivity index (χ2v) is 4.34. The van der Waals surface area contributed by atoms with Crippen LogP contribution in [0.25, 0.3) is 0 Å². The van der Waals surface area contributed by atoms with E-state index in [1.165, 1.54) is 37.3 Å². The minimum atomic E-state index is -4.85. The molecule has 0 bridgehead atoms. The van der Waals surface area contributed by atoms with E-state index >= 15 is 0 Å². The van der Waals surface area contributed by atoms with E-state index in [0.717, 1.165) is 12.1 Å². The highest BCUT2D eigenvalue weighted by molar-refractivity contribution is 6.09. The lowest BCUT2D eigenvalue weighted by Gasteiger charge is -2.10. The molecule has 0 spiro atoms. The number of benzene rings is 2. The summed E-state index contributed by atoms with van der Waals surface area (Å²) in [5, 5.41) is 0. The Morgan fingerprint density at radius 3 is 2.43 bits per heavy atom. The molecule has 0 saturated carbocycles. The first-order valence-electron chi connectivity index (χ1n) is 5.93. The van der Waals surface area contributed by atoms with Crippen molar-refractivity contribution < 1.29 is 27.1 Å². The molecule has 0 saturated heterocycles. The molecular weight excluding hydrogens is 288 g/mol. The van der Waals surface area contributed by atoms with Gasteiger partial charge in [-0.1, -0.05) is 24.3 Å². The minimum absolute atomic E-state index is 0.0822. The van der Waals surface area contributed by atoms with Crippen LogP contribution in [0.4, 0.5) is 17.6 Å². The molecule has 0 radical (unpaired) electrons. The normalized spacial score (nSPS) is 11.3. The first-order valence-corrected chi connectivity index (χ1v) is 5.93. The van der Waals surface area contributed by atoms with Gasteiger partial charge in [0.2, 0.25) is 0 Å². The van der Waals surface area contributed by atoms with Gasteiger partial charge in [0.1, 0.15) is 11.6 Å². The van der Waals surface area contributed by atoms with Gasteiger partial charge >= 0.3 is 6.36 Å². The Morgan fingerprint density at radius 1 is 1.10 bits per heavy atom. The van der Waals surface area contributed by atoms with E-state index in [-0.39, 0.29) is 16.7 Å². The van der Waals surface area contributed by atoms with E-state index in [1.807, 2.05) is 0 Å². The highest BCUT2D eigenvalue weighted by Crippen LogP contribution is 2.25. The van der Waals surface area contributed by atoms with Gasteiger partial charge in [-0.2, -0.15) is 0 Å². The maximum absolute atomic E-state index is 13.9. The number of ketones is 1. The molecule has 6 heteroatoms. The van der Waals surface area contributed by atoms with Crippen LogP contribution in [0, 0.1) is 12.7 Å². The lowest BCUT2D eigenvalue weighted by Crippen LogP contribution is -2.17. The third-order valence-corrected chi connectivity index (χ3v) is 2.77. The van der Waals surface area contributed by atoms with Crippen LogP contribution in [-0.4, -0.2) is 12.1 Å². The van der Waals surface area contributed by atoms with Crippen LogP contribution in [0.3, 0.4) is 0 Å². The van der Waals surface area contributed by atoms with Gasteiger partial charge in [0, 0.05) is 5.56 Å². The first-order chi connectivity index (χ1) is 9.78. The van der Waals surface area contributed by atoms with Crippen molar-refractivity contribution in [1.82, 2.24) is 0 Å². The average Bonchev–Trinajstić information content (AvgIpc) is 2.39. The molecule has 0 aliphatic carbocycles. The van der Waals surface area contributed by atoms with Crippen LogP contribution in [0.1, 0.15) is 21.5 Å². The zero-order chi connectivity index (χ0) is 15.6. The van der Waals surface area contributed by atoms with E-state index in [2.05, 4.69) is 4.74 Å². The molecule has 0 N–H and O–H groups in total. The van der Waals surface area contributed by atoms with Crippen molar-refractivity contribution in [2.75, 3.05) is 0 Å². The Hall–Kier alpha value is -2.37. The van der Waals surface area contributed by atoms with Crippen LogP contribution < -0.4 is 4.74 Å². The number of aryl methyl sites for hydroxylation is 1. The van der Waals surface area contributed by atoms with Crippen LogP contribution in [0.15, 0.2) is 42.5 Å². The fraction of sp³-hybridized carbons (Fsp3) is 0.133. The maximum Gasteiger partial charge on any atom is 0.573 e. The van der Waals surface area contributed by atoms with Gasteiger partial charge in [0.05, 0.1) is 5.56 Å². The number of carbonyl (C=O) groups is 1. The molecule has 2 nitrogen and oxygen atoms in total. The number of ether oxygens (including phenoxy) is 1. The van der Waals surface area contributed by atoms with Gasteiger partial charge in [-0.3, -0.25) is 4.79 Å². The van der Waals surface area contributed by atoms with E-state index < -0.39 is 23.7 Å². The lowest BCUT2D eigenvalue weighted by atomic mass is 10.0. The summed E-state index contributed by atoms with van der Waals surface area (Å²) in [6.07, 6.45) is -4.85. The largest absolute Gasteiger partial charge is 0.573 e. The number of carbonyl (C=O) groups excluding carboxylic acids is 1. The predicted molar refractivity (Wildman–Crippen MR) is 67.7 cm³/mol. The van der Waals surface area contributed by atoms with Crippen LogP contribution in [-0.2, 0) is 0 Å². The SMILES string of the molecule is Cc1cccc(C(=O)c2cccc(OC(F)(F)F)c2)c1F. The molecule has 0 aliphatic heterocycles. The maximum atomic E-state index is 13.9. The molecule has 0 unspecified atom stereocenters. The lowest BCUT2D eigenvalue weighted by molar-refractivity contribution is -0.274. The number of hydrogen-bond acceptors (Lipinski definition) is 2. The summed E-state index contributed by atoms with van der Waals surface area (Å²) in [7, 11) is 0. The Labute approximate surface area is 118 Å². The summed E-state index contributed by atoms with van der Waals surface area (Å²) in [6, 6.07) is 8.81. The highest BCUT2D eigenvalue weighted by atomic mass is 19.4. The number of hydrogen-bond donors (Lipinski definition) is 0. The molecule has 21 heavy (non-hydrogen) atoms. The van der Waals surface area contributed by atoms with Gasteiger partial charge in [-0.15, -0.1) is 13.2 Å². The molecule has 0 aliphatic rings. The van der Waals surface area contributed by atoms with Crippen molar-refractivity contribution in [3.63, 3.8) is 0 Å². The predicted octanol–water partition coefficient (Wildman–Crippen LogP) is 4.26. The topological polar surface area (TPSA) is 26.3 Å². The first kappa shape index (κ1) is 15.0. The summed E-state index contributed by atoms with van der Waals surface area (Å²) in [4.78, 5) is 12.2. The van der Waals surface area contributed by atoms with Crippen molar-refractivity contribution >= 4 is 5.78 Å². The number of alkyl halides is 3. The van der Waals surface area contributed by atoms with Crippen LogP contribution in [0.5, 0.6) is 5.75 Å². The molecule has 0 heterocycles. The molecule has 2 aromatic carbocycles. The monoisotopic (exact) mass is 298 g/mol. The average molecular weight is 298 g/mol. The molecule has 0 aromatic heterocycles. The molecule has 0 atom stereocenters. The fourth-order valence-corrected chi connectivity index (χ4v) is 1.81. The van der Waals surface area contributed by atoms with Gasteiger partial charge in [-0.25, -0.2) is 4.39 Å². The van der Waals surface area contributed by atoms with E-state index in [9.17, 15) is 22.4 Å². The van der Waals surface area contributed by atoms with Gasteiger partial charge < -0.3 is 4.74 Å². The molecule has 2 aromatic rings. The molecule has 0 fully saturated rings. The zero-order valence-electron chi connectivity index (χ0n) is 10.9. The van der Waals surface area contributed by atoms with E-state index in [1.54, 1.807) is 0 Å². The Morgan fingerprint density at radius 2 is 1.76 bits per heavy atom. The van der Waals surface area contributed by atoms with Crippen LogP contribution >= 0.6 is 0 Å². The smallest absolute Gasteiger partial charge is 0.406 e. The van der Waals surface area contributed by atoms with Gasteiger partial charge in [-0.05, 0) is 30.7 Å².